The van der Waals surface area contributed by atoms with Gasteiger partial charge in [0.15, 0.2) is 5.82 Å². The molecule has 0 amide bonds. The number of likely N-dealkylation sites (N-methyl/N-ethyl adjacent to an activating group) is 1. The summed E-state index contributed by atoms with van der Waals surface area (Å²) in [4.78, 5) is 14.6. The predicted molar refractivity (Wildman–Crippen MR) is 119 cm³/mol. The van der Waals surface area contributed by atoms with Crippen molar-refractivity contribution in [3.8, 4) is 16.4 Å². The maximum absolute atomic E-state index is 9.70. The third-order valence-corrected chi connectivity index (χ3v) is 6.46. The van der Waals surface area contributed by atoms with E-state index in [1.807, 2.05) is 18.4 Å². The second kappa shape index (κ2) is 8.06. The van der Waals surface area contributed by atoms with E-state index in [-0.39, 0.29) is 5.75 Å². The summed E-state index contributed by atoms with van der Waals surface area (Å²) in [6, 6.07) is 11.1. The van der Waals surface area contributed by atoms with Crippen LogP contribution < -0.4 is 5.32 Å². The van der Waals surface area contributed by atoms with Crippen LogP contribution in [0.3, 0.4) is 0 Å². The number of phenols is 1. The molecule has 1 aliphatic rings. The summed E-state index contributed by atoms with van der Waals surface area (Å²) in [6.07, 6.45) is 3.40. The number of rotatable bonds is 5. The first-order valence-electron chi connectivity index (χ1n) is 9.93. The molecule has 8 heteroatoms. The van der Waals surface area contributed by atoms with Crippen LogP contribution in [0.2, 0.25) is 0 Å². The van der Waals surface area contributed by atoms with Gasteiger partial charge in [-0.05, 0) is 31.3 Å². The minimum atomic E-state index is 0.209. The highest BCUT2D eigenvalue weighted by Gasteiger charge is 2.17. The molecule has 0 saturated carbocycles. The molecule has 3 aromatic heterocycles. The number of aromatic hydroxyl groups is 1. The molecular formula is C22H23N5O2S. The fraction of sp³-hybridized carbons (Fsp3) is 0.273. The van der Waals surface area contributed by atoms with Crippen molar-refractivity contribution in [2.24, 2.45) is 0 Å². The SMILES string of the molecule is CN1CCN(Cc2coc(-c3cc4ncnc(Nc5cccc(O)c5)c4s3)c2)CC1. The molecule has 4 heterocycles. The standard InChI is InChI=1S/C22H23N5O2S/c1-26-5-7-27(8-6-26)12-15-9-19(29-13-15)20-11-18-21(30-20)22(24-14-23-18)25-16-3-2-4-17(28)10-16/h2-4,9-11,13-14,28H,5-8,12H2,1H3,(H,23,24,25). The van der Waals surface area contributed by atoms with Gasteiger partial charge in [-0.15, -0.1) is 11.3 Å². The smallest absolute Gasteiger partial charge is 0.151 e. The van der Waals surface area contributed by atoms with Gasteiger partial charge in [0.25, 0.3) is 0 Å². The van der Waals surface area contributed by atoms with E-state index in [0.29, 0.717) is 5.82 Å². The average molecular weight is 422 g/mol. The fourth-order valence-electron chi connectivity index (χ4n) is 3.64. The van der Waals surface area contributed by atoms with Crippen LogP contribution in [0, 0.1) is 0 Å². The lowest BCUT2D eigenvalue weighted by molar-refractivity contribution is 0.148. The number of piperazine rings is 1. The fourth-order valence-corrected chi connectivity index (χ4v) is 4.65. The molecule has 1 aliphatic heterocycles. The maximum atomic E-state index is 9.70. The van der Waals surface area contributed by atoms with Crippen LogP contribution in [0.15, 0.2) is 53.4 Å². The topological polar surface area (TPSA) is 77.7 Å². The van der Waals surface area contributed by atoms with Gasteiger partial charge in [0, 0.05) is 50.0 Å². The molecule has 2 N–H and O–H groups in total. The van der Waals surface area contributed by atoms with Crippen LogP contribution in [0.4, 0.5) is 11.5 Å². The van der Waals surface area contributed by atoms with Gasteiger partial charge < -0.3 is 19.7 Å². The van der Waals surface area contributed by atoms with Crippen LogP contribution in [0.25, 0.3) is 20.9 Å². The Morgan fingerprint density at radius 1 is 1.13 bits per heavy atom. The van der Waals surface area contributed by atoms with Crippen molar-refractivity contribution in [2.45, 2.75) is 6.54 Å². The van der Waals surface area contributed by atoms with Crippen molar-refractivity contribution in [3.63, 3.8) is 0 Å². The van der Waals surface area contributed by atoms with Gasteiger partial charge in [0.2, 0.25) is 0 Å². The van der Waals surface area contributed by atoms with Gasteiger partial charge in [-0.25, -0.2) is 9.97 Å². The van der Waals surface area contributed by atoms with Crippen LogP contribution in [0.1, 0.15) is 5.56 Å². The number of thiophene rings is 1. The summed E-state index contributed by atoms with van der Waals surface area (Å²) in [6.45, 7) is 5.29. The van der Waals surface area contributed by atoms with E-state index < -0.39 is 0 Å². The number of nitrogens with one attached hydrogen (secondary N) is 1. The molecule has 1 saturated heterocycles. The number of aromatic nitrogens is 2. The van der Waals surface area contributed by atoms with Gasteiger partial charge in [0.1, 0.15) is 17.8 Å². The van der Waals surface area contributed by atoms with E-state index in [4.69, 9.17) is 4.42 Å². The normalized spacial score (nSPS) is 15.6. The van der Waals surface area contributed by atoms with Crippen molar-refractivity contribution in [2.75, 3.05) is 38.5 Å². The molecule has 0 radical (unpaired) electrons. The summed E-state index contributed by atoms with van der Waals surface area (Å²) in [5.41, 5.74) is 2.83. The largest absolute Gasteiger partial charge is 0.508 e. The van der Waals surface area contributed by atoms with Crippen LogP contribution in [-0.2, 0) is 6.54 Å². The van der Waals surface area contributed by atoms with E-state index in [0.717, 1.165) is 59.3 Å². The first-order chi connectivity index (χ1) is 14.6. The van der Waals surface area contributed by atoms with Gasteiger partial charge in [-0.1, -0.05) is 6.07 Å². The zero-order valence-electron chi connectivity index (χ0n) is 16.7. The summed E-state index contributed by atoms with van der Waals surface area (Å²) in [5.74, 6) is 1.78. The average Bonchev–Trinajstić information content (AvgIpc) is 3.37. The van der Waals surface area contributed by atoms with Crippen LogP contribution >= 0.6 is 11.3 Å². The van der Waals surface area contributed by atoms with Crippen molar-refractivity contribution < 1.29 is 9.52 Å². The monoisotopic (exact) mass is 421 g/mol. The molecule has 4 aromatic rings. The summed E-state index contributed by atoms with van der Waals surface area (Å²) in [7, 11) is 2.17. The zero-order valence-corrected chi connectivity index (χ0v) is 17.5. The third-order valence-electron chi connectivity index (χ3n) is 5.32. The Labute approximate surface area is 178 Å². The van der Waals surface area contributed by atoms with E-state index in [2.05, 4.69) is 38.2 Å². The Morgan fingerprint density at radius 2 is 2.00 bits per heavy atom. The number of hydrogen-bond acceptors (Lipinski definition) is 8. The molecular weight excluding hydrogens is 398 g/mol. The molecule has 0 spiro atoms. The van der Waals surface area contributed by atoms with Crippen molar-refractivity contribution in [1.29, 1.82) is 0 Å². The first-order valence-corrected chi connectivity index (χ1v) is 10.7. The number of benzene rings is 1. The van der Waals surface area contributed by atoms with Crippen LogP contribution in [-0.4, -0.2) is 58.1 Å². The highest BCUT2D eigenvalue weighted by Crippen LogP contribution is 2.37. The Kier molecular flexibility index (Phi) is 5.12. The second-order valence-electron chi connectivity index (χ2n) is 7.62. The third kappa shape index (κ3) is 4.02. The Balaban J connectivity index is 1.37. The molecule has 1 fully saturated rings. The summed E-state index contributed by atoms with van der Waals surface area (Å²) >= 11 is 1.60. The zero-order chi connectivity index (χ0) is 20.5. The Hall–Kier alpha value is -2.94. The van der Waals surface area contributed by atoms with E-state index >= 15 is 0 Å². The van der Waals surface area contributed by atoms with Crippen molar-refractivity contribution >= 4 is 33.1 Å². The second-order valence-corrected chi connectivity index (χ2v) is 8.67. The number of nitrogens with zero attached hydrogens (tertiary/aromatic N) is 4. The Bertz CT molecular complexity index is 1160. The first kappa shape index (κ1) is 19.0. The van der Waals surface area contributed by atoms with Gasteiger partial charge >= 0.3 is 0 Å². The number of fused-ring (bicyclic) bond motifs is 1. The molecule has 0 unspecified atom stereocenters. The molecule has 0 atom stereocenters. The number of anilines is 2. The lowest BCUT2D eigenvalue weighted by Crippen LogP contribution is -2.43. The summed E-state index contributed by atoms with van der Waals surface area (Å²) in [5, 5.41) is 13.0. The molecule has 0 aliphatic carbocycles. The number of furan rings is 1. The summed E-state index contributed by atoms with van der Waals surface area (Å²) < 4.78 is 6.84. The lowest BCUT2D eigenvalue weighted by atomic mass is 10.2. The molecule has 0 bridgehead atoms. The molecule has 7 nitrogen and oxygen atoms in total. The molecule has 154 valence electrons. The van der Waals surface area contributed by atoms with E-state index in [1.54, 1.807) is 35.9 Å². The highest BCUT2D eigenvalue weighted by molar-refractivity contribution is 7.22. The van der Waals surface area contributed by atoms with E-state index in [9.17, 15) is 5.11 Å². The predicted octanol–water partition coefficient (Wildman–Crippen LogP) is 4.15. The quantitative estimate of drug-likeness (QED) is 0.501. The molecule has 1 aromatic carbocycles. The Morgan fingerprint density at radius 3 is 2.83 bits per heavy atom. The van der Waals surface area contributed by atoms with E-state index in [1.165, 1.54) is 5.56 Å². The lowest BCUT2D eigenvalue weighted by Gasteiger charge is -2.31. The van der Waals surface area contributed by atoms with Crippen molar-refractivity contribution in [1.82, 2.24) is 19.8 Å². The minimum Gasteiger partial charge on any atom is -0.508 e. The van der Waals surface area contributed by atoms with Crippen molar-refractivity contribution in [3.05, 3.63) is 54.6 Å². The van der Waals surface area contributed by atoms with Gasteiger partial charge in [-0.3, -0.25) is 4.90 Å². The number of phenolic OH excluding ortho intramolecular Hbond substituents is 1. The van der Waals surface area contributed by atoms with Gasteiger partial charge in [0.05, 0.1) is 21.4 Å². The van der Waals surface area contributed by atoms with Gasteiger partial charge in [-0.2, -0.15) is 0 Å². The highest BCUT2D eigenvalue weighted by atomic mass is 32.1. The molecule has 5 rings (SSSR count). The number of hydrogen-bond donors (Lipinski definition) is 2. The minimum absolute atomic E-state index is 0.209. The molecule has 30 heavy (non-hydrogen) atoms. The van der Waals surface area contributed by atoms with Crippen LogP contribution in [0.5, 0.6) is 5.75 Å². The maximum Gasteiger partial charge on any atom is 0.151 e.